The predicted molar refractivity (Wildman–Crippen MR) is 216 cm³/mol. The van der Waals surface area contributed by atoms with Crippen LogP contribution in [0, 0.1) is 0 Å². The number of fused-ring (bicyclic) bond motifs is 13. The van der Waals surface area contributed by atoms with Crippen molar-refractivity contribution in [3.05, 3.63) is 170 Å². The average molecular weight is 661 g/mol. The van der Waals surface area contributed by atoms with E-state index in [-0.39, 0.29) is 0 Å². The van der Waals surface area contributed by atoms with Gasteiger partial charge in [-0.2, -0.15) is 0 Å². The van der Waals surface area contributed by atoms with Crippen molar-refractivity contribution < 1.29 is 0 Å². The van der Waals surface area contributed by atoms with Gasteiger partial charge < -0.3 is 4.57 Å². The molecule has 0 aliphatic carbocycles. The molecule has 3 aromatic heterocycles. The fraction of sp³-hybridized carbons (Fsp3) is 0. The van der Waals surface area contributed by atoms with Crippen LogP contribution in [0.1, 0.15) is 0 Å². The molecule has 52 heavy (non-hydrogen) atoms. The second-order valence-electron chi connectivity index (χ2n) is 13.8. The summed E-state index contributed by atoms with van der Waals surface area (Å²) in [6, 6.07) is 61.4. The Morgan fingerprint density at radius 1 is 0.365 bits per heavy atom. The topological polar surface area (TPSA) is 35.6 Å². The fourth-order valence-electron chi connectivity index (χ4n) is 8.76. The van der Waals surface area contributed by atoms with Crippen LogP contribution in [0.15, 0.2) is 170 Å². The van der Waals surface area contributed by atoms with Crippen molar-refractivity contribution in [3.63, 3.8) is 0 Å². The highest BCUT2D eigenvalue weighted by Gasteiger charge is 2.27. The van der Waals surface area contributed by atoms with E-state index in [1.165, 1.54) is 65.7 Å². The summed E-state index contributed by atoms with van der Waals surface area (Å²) in [4.78, 5) is 10.6. The lowest BCUT2D eigenvalue weighted by molar-refractivity contribution is 1.09. The molecule has 4 heteroatoms. The lowest BCUT2D eigenvalue weighted by atomic mass is 9.92. The molecule has 0 amide bonds. The van der Waals surface area contributed by atoms with Crippen LogP contribution in [0.2, 0.25) is 0 Å². The minimum absolute atomic E-state index is 0.867. The average Bonchev–Trinajstić information content (AvgIpc) is 3.68. The molecule has 1 aliphatic heterocycles. The number of rotatable bonds is 2. The van der Waals surface area contributed by atoms with Crippen LogP contribution in [-0.4, -0.2) is 19.1 Å². The first-order valence-corrected chi connectivity index (χ1v) is 17.8. The summed E-state index contributed by atoms with van der Waals surface area (Å²) in [5.41, 5.74) is 14.4. The van der Waals surface area contributed by atoms with Crippen molar-refractivity contribution in [1.29, 1.82) is 0 Å². The molecule has 0 saturated carbocycles. The predicted octanol–water partition coefficient (Wildman–Crippen LogP) is 12.3. The standard InChI is InChI=1S/C48H28N4/c1-2-14-32-29(12-1)13-11-23-42(32)51-43-21-9-5-16-34(43)37-26-30(24-25-45(37)51)31-27-38-33-15-3-4-18-36(33)46-48(50-41-20-8-7-19-40(41)49-46)52-44-22-10-6-17-35(44)39(28-31)47(38)52/h1-28H. The second kappa shape index (κ2) is 10.3. The molecule has 4 heterocycles. The molecule has 8 aromatic carbocycles. The molecule has 0 radical (unpaired) electrons. The van der Waals surface area contributed by atoms with E-state index < -0.39 is 0 Å². The molecule has 1 aliphatic rings. The van der Waals surface area contributed by atoms with E-state index in [1.807, 2.05) is 12.1 Å². The first-order chi connectivity index (χ1) is 25.8. The second-order valence-corrected chi connectivity index (χ2v) is 13.8. The lowest BCUT2D eigenvalue weighted by Crippen LogP contribution is -2.02. The smallest absolute Gasteiger partial charge is 0.165 e. The number of hydrogen-bond donors (Lipinski definition) is 0. The zero-order valence-electron chi connectivity index (χ0n) is 28.0. The van der Waals surface area contributed by atoms with E-state index in [1.54, 1.807) is 0 Å². The minimum atomic E-state index is 0.867. The van der Waals surface area contributed by atoms with Crippen LogP contribution in [0.4, 0.5) is 0 Å². The number of hydrogen-bond acceptors (Lipinski definition) is 2. The van der Waals surface area contributed by atoms with E-state index in [2.05, 4.69) is 167 Å². The first-order valence-electron chi connectivity index (χ1n) is 17.8. The Balaban J connectivity index is 1.16. The summed E-state index contributed by atoms with van der Waals surface area (Å²) in [6.07, 6.45) is 0. The van der Waals surface area contributed by atoms with Gasteiger partial charge in [0.15, 0.2) is 5.82 Å². The van der Waals surface area contributed by atoms with Gasteiger partial charge in [0.1, 0.15) is 5.69 Å². The Hall–Kier alpha value is -7.04. The third kappa shape index (κ3) is 3.70. The van der Waals surface area contributed by atoms with Crippen LogP contribution in [-0.2, 0) is 0 Å². The molecule has 0 spiro atoms. The lowest BCUT2D eigenvalue weighted by Gasteiger charge is -2.13. The third-order valence-corrected chi connectivity index (χ3v) is 11.0. The quantitative estimate of drug-likeness (QED) is 0.185. The molecule has 240 valence electrons. The van der Waals surface area contributed by atoms with Gasteiger partial charge in [-0.25, -0.2) is 9.97 Å². The van der Waals surface area contributed by atoms with Crippen LogP contribution < -0.4 is 0 Å². The van der Waals surface area contributed by atoms with Crippen molar-refractivity contribution in [2.45, 2.75) is 0 Å². The van der Waals surface area contributed by atoms with Crippen molar-refractivity contribution >= 4 is 65.4 Å². The number of nitrogens with zero attached hydrogens (tertiary/aromatic N) is 4. The van der Waals surface area contributed by atoms with E-state index in [9.17, 15) is 0 Å². The minimum Gasteiger partial charge on any atom is -0.309 e. The van der Waals surface area contributed by atoms with E-state index in [4.69, 9.17) is 9.97 Å². The van der Waals surface area contributed by atoms with Gasteiger partial charge in [-0.3, -0.25) is 4.57 Å². The fourth-order valence-corrected chi connectivity index (χ4v) is 8.76. The van der Waals surface area contributed by atoms with Crippen LogP contribution >= 0.6 is 0 Å². The van der Waals surface area contributed by atoms with Gasteiger partial charge in [-0.1, -0.05) is 115 Å². The molecule has 0 N–H and O–H groups in total. The first kappa shape index (κ1) is 27.7. The molecule has 12 rings (SSSR count). The van der Waals surface area contributed by atoms with Crippen molar-refractivity contribution in [1.82, 2.24) is 19.1 Å². The summed E-state index contributed by atoms with van der Waals surface area (Å²) >= 11 is 0. The van der Waals surface area contributed by atoms with Gasteiger partial charge >= 0.3 is 0 Å². The molecule has 4 nitrogen and oxygen atoms in total. The van der Waals surface area contributed by atoms with Crippen molar-refractivity contribution in [2.75, 3.05) is 0 Å². The molecule has 0 atom stereocenters. The Kier molecular flexibility index (Phi) is 5.47. The van der Waals surface area contributed by atoms with Gasteiger partial charge in [-0.05, 0) is 76.7 Å². The summed E-state index contributed by atoms with van der Waals surface area (Å²) in [5, 5.41) is 7.37. The maximum atomic E-state index is 5.31. The van der Waals surface area contributed by atoms with Gasteiger partial charge in [0.2, 0.25) is 0 Å². The highest BCUT2D eigenvalue weighted by Crippen LogP contribution is 2.48. The van der Waals surface area contributed by atoms with Gasteiger partial charge in [0.25, 0.3) is 0 Å². The summed E-state index contributed by atoms with van der Waals surface area (Å²) < 4.78 is 4.78. The highest BCUT2D eigenvalue weighted by atomic mass is 15.1. The molecule has 0 unspecified atom stereocenters. The van der Waals surface area contributed by atoms with Gasteiger partial charge in [-0.15, -0.1) is 0 Å². The van der Waals surface area contributed by atoms with Gasteiger partial charge in [0, 0.05) is 38.1 Å². The molecule has 11 aromatic rings. The third-order valence-electron chi connectivity index (χ3n) is 11.0. The maximum Gasteiger partial charge on any atom is 0.165 e. The highest BCUT2D eigenvalue weighted by molar-refractivity contribution is 6.18. The monoisotopic (exact) mass is 660 g/mol. The van der Waals surface area contributed by atoms with Crippen LogP contribution in [0.5, 0.6) is 0 Å². The summed E-state index contributed by atoms with van der Waals surface area (Å²) in [5.74, 6) is 0.867. The van der Waals surface area contributed by atoms with Crippen LogP contribution in [0.25, 0.3) is 110 Å². The molecular formula is C48H28N4. The Bertz CT molecular complexity index is 3300. The normalized spacial score (nSPS) is 12.2. The zero-order valence-corrected chi connectivity index (χ0v) is 28.0. The molecule has 0 bridgehead atoms. The SMILES string of the molecule is c1ccc2c(c1)-c1nc3ccccc3nc1-n1c3ccccc3c3cc(-c4ccc5c(c4)c4ccccc4n5-c4cccc5ccccc45)cc-2c31. The Labute approximate surface area is 298 Å². The summed E-state index contributed by atoms with van der Waals surface area (Å²) in [7, 11) is 0. The maximum absolute atomic E-state index is 5.31. The summed E-state index contributed by atoms with van der Waals surface area (Å²) in [6.45, 7) is 0. The van der Waals surface area contributed by atoms with Crippen LogP contribution in [0.3, 0.4) is 0 Å². The number of para-hydroxylation sites is 4. The molecular weight excluding hydrogens is 633 g/mol. The van der Waals surface area contributed by atoms with Crippen molar-refractivity contribution in [2.24, 2.45) is 0 Å². The zero-order chi connectivity index (χ0) is 33.9. The van der Waals surface area contributed by atoms with E-state index in [0.29, 0.717) is 0 Å². The number of aromatic nitrogens is 4. The molecule has 0 saturated heterocycles. The van der Waals surface area contributed by atoms with E-state index in [0.717, 1.165) is 44.7 Å². The molecule has 0 fully saturated rings. The Morgan fingerprint density at radius 3 is 1.83 bits per heavy atom. The number of benzene rings is 8. The van der Waals surface area contributed by atoms with E-state index >= 15 is 0 Å². The largest absolute Gasteiger partial charge is 0.309 e. The van der Waals surface area contributed by atoms with Gasteiger partial charge in [0.05, 0.1) is 38.8 Å². The Morgan fingerprint density at radius 2 is 0.981 bits per heavy atom. The van der Waals surface area contributed by atoms with Crippen molar-refractivity contribution in [3.8, 4) is 45.0 Å².